The highest BCUT2D eigenvalue weighted by Crippen LogP contribution is 2.18. The zero-order valence-electron chi connectivity index (χ0n) is 11.3. The Bertz CT molecular complexity index is 459. The van der Waals surface area contributed by atoms with Gasteiger partial charge in [0.05, 0.1) is 0 Å². The number of carboxylic acid groups (broad SMARTS) is 1. The number of aryl methyl sites for hydroxylation is 1. The predicted octanol–water partition coefficient (Wildman–Crippen LogP) is 1.74. The molecule has 0 aromatic heterocycles. The van der Waals surface area contributed by atoms with Crippen LogP contribution in [0.15, 0.2) is 24.3 Å². The quantitative estimate of drug-likeness (QED) is 0.821. The van der Waals surface area contributed by atoms with Crippen LogP contribution in [-0.2, 0) is 9.59 Å². The monoisotopic (exact) mass is 265 g/mol. The van der Waals surface area contributed by atoms with Crippen LogP contribution in [-0.4, -0.2) is 29.1 Å². The zero-order chi connectivity index (χ0) is 14.4. The molecule has 0 heterocycles. The Morgan fingerprint density at radius 3 is 2.53 bits per heavy atom. The number of rotatable bonds is 6. The largest absolute Gasteiger partial charge is 0.480 e. The Kier molecular flexibility index (Phi) is 5.36. The van der Waals surface area contributed by atoms with Crippen molar-refractivity contribution in [3.05, 3.63) is 29.8 Å². The van der Waals surface area contributed by atoms with Gasteiger partial charge in [-0.1, -0.05) is 25.1 Å². The van der Waals surface area contributed by atoms with E-state index in [9.17, 15) is 9.59 Å². The van der Waals surface area contributed by atoms with E-state index in [4.69, 9.17) is 9.84 Å². The molecule has 5 nitrogen and oxygen atoms in total. The third-order valence-corrected chi connectivity index (χ3v) is 2.76. The molecule has 5 heteroatoms. The van der Waals surface area contributed by atoms with Crippen LogP contribution in [0.1, 0.15) is 25.8 Å². The number of amides is 1. The minimum absolute atomic E-state index is 0.416. The lowest BCUT2D eigenvalue weighted by molar-refractivity contribution is -0.142. The standard InChI is InChI=1S/C14H19NO4/c1-4-11(13(16)15-10(3)14(17)18)19-12-8-6-5-7-9(12)2/h5-8,10-11H,4H2,1-3H3,(H,15,16)(H,17,18)/t10-,11?/m1/s1. The van der Waals surface area contributed by atoms with Crippen molar-refractivity contribution < 1.29 is 19.4 Å². The number of benzene rings is 1. The Morgan fingerprint density at radius 1 is 1.37 bits per heavy atom. The number of hydrogen-bond donors (Lipinski definition) is 2. The Morgan fingerprint density at radius 2 is 2.00 bits per heavy atom. The number of carbonyl (C=O) groups is 2. The Balaban J connectivity index is 2.71. The number of nitrogens with one attached hydrogen (secondary N) is 1. The summed E-state index contributed by atoms with van der Waals surface area (Å²) in [5.74, 6) is -0.854. The van der Waals surface area contributed by atoms with Gasteiger partial charge < -0.3 is 15.2 Å². The fourth-order valence-corrected chi connectivity index (χ4v) is 1.53. The van der Waals surface area contributed by atoms with Crippen molar-refractivity contribution in [3.63, 3.8) is 0 Å². The van der Waals surface area contributed by atoms with Gasteiger partial charge in [-0.3, -0.25) is 9.59 Å². The van der Waals surface area contributed by atoms with Gasteiger partial charge in [-0.15, -0.1) is 0 Å². The molecule has 1 rings (SSSR count). The summed E-state index contributed by atoms with van der Waals surface area (Å²) in [6.45, 7) is 5.12. The lowest BCUT2D eigenvalue weighted by atomic mass is 10.2. The van der Waals surface area contributed by atoms with Crippen LogP contribution in [0.4, 0.5) is 0 Å². The van der Waals surface area contributed by atoms with Crippen LogP contribution in [0.3, 0.4) is 0 Å². The number of aliphatic carboxylic acids is 1. The molecule has 0 bridgehead atoms. The van der Waals surface area contributed by atoms with Gasteiger partial charge in [0.1, 0.15) is 11.8 Å². The molecule has 0 aliphatic heterocycles. The lowest BCUT2D eigenvalue weighted by Gasteiger charge is -2.19. The van der Waals surface area contributed by atoms with Gasteiger partial charge in [-0.25, -0.2) is 0 Å². The van der Waals surface area contributed by atoms with Crippen LogP contribution >= 0.6 is 0 Å². The molecule has 0 saturated carbocycles. The molecule has 2 atom stereocenters. The Labute approximate surface area is 112 Å². The van der Waals surface area contributed by atoms with Crippen molar-refractivity contribution in [1.29, 1.82) is 0 Å². The maximum atomic E-state index is 11.9. The summed E-state index contributed by atoms with van der Waals surface area (Å²) >= 11 is 0. The van der Waals surface area contributed by atoms with Gasteiger partial charge in [0.15, 0.2) is 6.10 Å². The molecule has 104 valence electrons. The third-order valence-electron chi connectivity index (χ3n) is 2.76. The van der Waals surface area contributed by atoms with Gasteiger partial charge >= 0.3 is 5.97 Å². The van der Waals surface area contributed by atoms with Crippen LogP contribution in [0.5, 0.6) is 5.75 Å². The second-order valence-corrected chi connectivity index (χ2v) is 4.35. The molecular formula is C14H19NO4. The molecule has 1 unspecified atom stereocenters. The fraction of sp³-hybridized carbons (Fsp3) is 0.429. The van der Waals surface area contributed by atoms with E-state index in [2.05, 4.69) is 5.32 Å². The molecule has 0 saturated heterocycles. The number of ether oxygens (including phenoxy) is 1. The number of para-hydroxylation sites is 1. The molecule has 0 aliphatic carbocycles. The highest BCUT2D eigenvalue weighted by atomic mass is 16.5. The van der Waals surface area contributed by atoms with E-state index in [1.807, 2.05) is 32.0 Å². The van der Waals surface area contributed by atoms with Gasteiger partial charge in [0.25, 0.3) is 5.91 Å². The van der Waals surface area contributed by atoms with Crippen molar-refractivity contribution in [1.82, 2.24) is 5.32 Å². The first kappa shape index (κ1) is 15.0. The topological polar surface area (TPSA) is 75.6 Å². The van der Waals surface area contributed by atoms with Crippen molar-refractivity contribution in [2.45, 2.75) is 39.3 Å². The molecular weight excluding hydrogens is 246 g/mol. The smallest absolute Gasteiger partial charge is 0.325 e. The van der Waals surface area contributed by atoms with Gasteiger partial charge in [0.2, 0.25) is 0 Å². The average molecular weight is 265 g/mol. The normalized spacial score (nSPS) is 13.4. The summed E-state index contributed by atoms with van der Waals surface area (Å²) in [6, 6.07) is 6.45. The van der Waals surface area contributed by atoms with E-state index in [-0.39, 0.29) is 0 Å². The van der Waals surface area contributed by atoms with E-state index in [1.165, 1.54) is 6.92 Å². The molecule has 0 fully saturated rings. The van der Waals surface area contributed by atoms with Crippen molar-refractivity contribution >= 4 is 11.9 Å². The molecule has 1 aromatic carbocycles. The van der Waals surface area contributed by atoms with Gasteiger partial charge in [-0.2, -0.15) is 0 Å². The van der Waals surface area contributed by atoms with Crippen LogP contribution < -0.4 is 10.1 Å². The third kappa shape index (κ3) is 4.28. The van der Waals surface area contributed by atoms with Gasteiger partial charge in [0, 0.05) is 0 Å². The minimum atomic E-state index is -1.07. The summed E-state index contributed by atoms with van der Waals surface area (Å²) in [7, 11) is 0. The SMILES string of the molecule is CCC(Oc1ccccc1C)C(=O)N[C@H](C)C(=O)O. The zero-order valence-corrected chi connectivity index (χ0v) is 11.3. The maximum Gasteiger partial charge on any atom is 0.325 e. The van der Waals surface area contributed by atoms with E-state index in [1.54, 1.807) is 6.07 Å². The van der Waals surface area contributed by atoms with Gasteiger partial charge in [-0.05, 0) is 31.9 Å². The maximum absolute atomic E-state index is 11.9. The number of carbonyl (C=O) groups excluding carboxylic acids is 1. The minimum Gasteiger partial charge on any atom is -0.480 e. The molecule has 2 N–H and O–H groups in total. The van der Waals surface area contributed by atoms with Crippen LogP contribution in [0, 0.1) is 6.92 Å². The van der Waals surface area contributed by atoms with E-state index < -0.39 is 24.0 Å². The van der Waals surface area contributed by atoms with E-state index in [0.29, 0.717) is 12.2 Å². The summed E-state index contributed by atoms with van der Waals surface area (Å²) in [5.41, 5.74) is 0.931. The van der Waals surface area contributed by atoms with E-state index >= 15 is 0 Å². The summed E-state index contributed by atoms with van der Waals surface area (Å²) < 4.78 is 5.63. The summed E-state index contributed by atoms with van der Waals surface area (Å²) in [4.78, 5) is 22.6. The van der Waals surface area contributed by atoms with Crippen molar-refractivity contribution in [2.24, 2.45) is 0 Å². The fourth-order valence-electron chi connectivity index (χ4n) is 1.53. The number of carboxylic acids is 1. The second kappa shape index (κ2) is 6.78. The molecule has 1 amide bonds. The van der Waals surface area contributed by atoms with Crippen LogP contribution in [0.2, 0.25) is 0 Å². The second-order valence-electron chi connectivity index (χ2n) is 4.35. The molecule has 1 aromatic rings. The molecule has 19 heavy (non-hydrogen) atoms. The summed E-state index contributed by atoms with van der Waals surface area (Å²) in [6.07, 6.45) is -0.227. The van der Waals surface area contributed by atoms with Crippen LogP contribution in [0.25, 0.3) is 0 Å². The molecule has 0 spiro atoms. The van der Waals surface area contributed by atoms with E-state index in [0.717, 1.165) is 5.56 Å². The number of hydrogen-bond acceptors (Lipinski definition) is 3. The molecule has 0 radical (unpaired) electrons. The van der Waals surface area contributed by atoms with Crippen molar-refractivity contribution in [3.8, 4) is 5.75 Å². The lowest BCUT2D eigenvalue weighted by Crippen LogP contribution is -2.45. The predicted molar refractivity (Wildman–Crippen MR) is 71.1 cm³/mol. The highest BCUT2D eigenvalue weighted by molar-refractivity contribution is 5.86. The van der Waals surface area contributed by atoms with Crippen molar-refractivity contribution in [2.75, 3.05) is 0 Å². The Hall–Kier alpha value is -2.04. The highest BCUT2D eigenvalue weighted by Gasteiger charge is 2.22. The molecule has 0 aliphatic rings. The average Bonchev–Trinajstić information content (AvgIpc) is 2.37. The summed E-state index contributed by atoms with van der Waals surface area (Å²) in [5, 5.41) is 11.2. The first-order valence-corrected chi connectivity index (χ1v) is 6.21. The first-order chi connectivity index (χ1) is 8.95. The first-order valence-electron chi connectivity index (χ1n) is 6.21.